The van der Waals surface area contributed by atoms with Gasteiger partial charge in [0.1, 0.15) is 6.54 Å². The van der Waals surface area contributed by atoms with Gasteiger partial charge in [0.25, 0.3) is 40.5 Å². The summed E-state index contributed by atoms with van der Waals surface area (Å²) in [6.45, 7) is 8.64. The largest absolute Gasteiger partial charge is 0.344 e. The van der Waals surface area contributed by atoms with E-state index < -0.39 is 62.8 Å². The topological polar surface area (TPSA) is 237 Å². The highest BCUT2D eigenvalue weighted by Crippen LogP contribution is 2.52. The Hall–Kier alpha value is -5.38. The Morgan fingerprint density at radius 3 is 1.84 bits per heavy atom. The van der Waals surface area contributed by atoms with Crippen molar-refractivity contribution in [2.75, 3.05) is 29.5 Å². The van der Waals surface area contributed by atoms with E-state index in [0.29, 0.717) is 23.6 Å². The normalized spacial score (nSPS) is 18.7. The van der Waals surface area contributed by atoms with Crippen LogP contribution in [0, 0.1) is 0 Å². The SMILES string of the molecule is CC1(C)C(/C=C/C2=C(c3ccncc3)C(=C/C=C3/N(CCCS(=O)(=O)O)c4ccc5cc(S(=O)(=O)O)ccc5c4C3(C)C)/CC2)=[N+](CCCS(=O)(=O)O)c2ccc3cc(S(=O)(=O)O)ccc3c21. The van der Waals surface area contributed by atoms with Crippen molar-refractivity contribution >= 4 is 84.7 Å². The summed E-state index contributed by atoms with van der Waals surface area (Å²) in [6.07, 6.45) is 13.1. The summed E-state index contributed by atoms with van der Waals surface area (Å²) in [5.41, 5.74) is 7.56. The fourth-order valence-electron chi connectivity index (χ4n) is 10.1. The number of aromatic nitrogens is 1. The summed E-state index contributed by atoms with van der Waals surface area (Å²) in [5, 5.41) is 2.71. The van der Waals surface area contributed by atoms with E-state index in [1.807, 2.05) is 73.6 Å². The van der Waals surface area contributed by atoms with E-state index in [0.717, 1.165) is 67.0 Å². The lowest BCUT2D eigenvalue weighted by Crippen LogP contribution is -2.28. The van der Waals surface area contributed by atoms with Gasteiger partial charge < -0.3 is 4.90 Å². The lowest BCUT2D eigenvalue weighted by molar-refractivity contribution is -0.437. The van der Waals surface area contributed by atoms with Gasteiger partial charge in [-0.3, -0.25) is 23.2 Å². The zero-order chi connectivity index (χ0) is 48.5. The third-order valence-electron chi connectivity index (χ3n) is 13.0. The molecular weight excluding hydrogens is 939 g/mol. The minimum absolute atomic E-state index is 0.117. The molecule has 0 unspecified atom stereocenters. The lowest BCUT2D eigenvalue weighted by atomic mass is 9.79. The predicted molar refractivity (Wildman–Crippen MR) is 258 cm³/mol. The quantitative estimate of drug-likeness (QED) is 0.0606. The fourth-order valence-corrected chi connectivity index (χ4v) is 12.1. The minimum atomic E-state index is -4.47. The van der Waals surface area contributed by atoms with Crippen LogP contribution in [0.15, 0.2) is 136 Å². The van der Waals surface area contributed by atoms with E-state index in [2.05, 4.69) is 17.1 Å². The number of benzene rings is 4. The van der Waals surface area contributed by atoms with Crippen LogP contribution in [0.25, 0.3) is 27.1 Å². The molecule has 0 fully saturated rings. The fraction of sp³-hybridized carbons (Fsp3) is 0.292. The van der Waals surface area contributed by atoms with Crippen LogP contribution >= 0.6 is 0 Å². The van der Waals surface area contributed by atoms with Crippen LogP contribution in [0.3, 0.4) is 0 Å². The molecule has 352 valence electrons. The summed E-state index contributed by atoms with van der Waals surface area (Å²) in [5.74, 6) is -0.902. The number of hydrogen-bond donors (Lipinski definition) is 4. The number of nitrogens with zero attached hydrogens (tertiary/aromatic N) is 3. The molecule has 0 saturated heterocycles. The Balaban J connectivity index is 1.24. The van der Waals surface area contributed by atoms with Crippen molar-refractivity contribution in [2.24, 2.45) is 0 Å². The molecule has 0 saturated carbocycles. The van der Waals surface area contributed by atoms with Crippen LogP contribution in [-0.2, 0) is 51.3 Å². The molecule has 8 rings (SSSR count). The van der Waals surface area contributed by atoms with E-state index >= 15 is 0 Å². The van der Waals surface area contributed by atoms with Crippen LogP contribution in [0.1, 0.15) is 70.1 Å². The van der Waals surface area contributed by atoms with Crippen molar-refractivity contribution in [3.63, 3.8) is 0 Å². The van der Waals surface area contributed by atoms with Gasteiger partial charge in [-0.25, -0.2) is 0 Å². The van der Waals surface area contributed by atoms with Gasteiger partial charge in [0, 0.05) is 59.9 Å². The maximum atomic E-state index is 12.0. The third kappa shape index (κ3) is 9.56. The Morgan fingerprint density at radius 2 is 1.24 bits per heavy atom. The van der Waals surface area contributed by atoms with Gasteiger partial charge in [-0.2, -0.15) is 38.2 Å². The Kier molecular flexibility index (Phi) is 12.4. The van der Waals surface area contributed by atoms with Gasteiger partial charge >= 0.3 is 0 Å². The Morgan fingerprint density at radius 1 is 0.657 bits per heavy atom. The molecule has 0 amide bonds. The molecule has 4 N–H and O–H groups in total. The molecule has 15 nitrogen and oxygen atoms in total. The van der Waals surface area contributed by atoms with Crippen molar-refractivity contribution in [3.8, 4) is 0 Å². The van der Waals surface area contributed by atoms with E-state index in [1.165, 1.54) is 24.3 Å². The number of anilines is 1. The first-order chi connectivity index (χ1) is 31.3. The van der Waals surface area contributed by atoms with Gasteiger partial charge in [0.15, 0.2) is 5.71 Å². The number of allylic oxidation sites excluding steroid dienone is 8. The second-order valence-electron chi connectivity index (χ2n) is 18.1. The van der Waals surface area contributed by atoms with E-state index in [1.54, 1.807) is 36.7 Å². The second-order valence-corrected chi connectivity index (χ2v) is 24.1. The first-order valence-corrected chi connectivity index (χ1v) is 27.5. The number of hydrogen-bond acceptors (Lipinski definition) is 10. The van der Waals surface area contributed by atoms with Gasteiger partial charge in [0.2, 0.25) is 5.69 Å². The van der Waals surface area contributed by atoms with Crippen molar-refractivity contribution < 1.29 is 56.5 Å². The van der Waals surface area contributed by atoms with Crippen LogP contribution < -0.4 is 4.90 Å². The van der Waals surface area contributed by atoms with Crippen molar-refractivity contribution in [3.05, 3.63) is 143 Å². The predicted octanol–water partition coefficient (Wildman–Crippen LogP) is 8.23. The van der Waals surface area contributed by atoms with Gasteiger partial charge in [-0.1, -0.05) is 44.2 Å². The molecule has 1 aromatic heterocycles. The highest BCUT2D eigenvalue weighted by Gasteiger charge is 2.46. The van der Waals surface area contributed by atoms with Crippen LogP contribution in [0.4, 0.5) is 11.4 Å². The molecule has 3 heterocycles. The minimum Gasteiger partial charge on any atom is -0.344 e. The molecule has 5 aromatic rings. The average Bonchev–Trinajstić information content (AvgIpc) is 3.81. The van der Waals surface area contributed by atoms with Gasteiger partial charge in [-0.15, -0.1) is 0 Å². The van der Waals surface area contributed by atoms with E-state index in [9.17, 15) is 51.9 Å². The molecule has 3 aliphatic rings. The highest BCUT2D eigenvalue weighted by atomic mass is 32.2. The van der Waals surface area contributed by atoms with Gasteiger partial charge in [0.05, 0.1) is 26.7 Å². The summed E-state index contributed by atoms with van der Waals surface area (Å²) >= 11 is 0. The Labute approximate surface area is 390 Å². The zero-order valence-electron chi connectivity index (χ0n) is 37.1. The zero-order valence-corrected chi connectivity index (χ0v) is 40.3. The standard InChI is InChI=1S/C48H49N3O12S4/c1-47(2)42(50(25-5-27-64(52,53)54)40-17-9-34-29-36(66(58,59)60)13-15-38(34)45(40)47)19-11-31-7-8-32(44(31)33-21-23-49-24-22-33)12-20-43-48(3,4)46-39-16-14-37(67(61,62)63)30-35(39)10-18-41(46)51(43)26-6-28-65(55,56)57/h9-24,29-30H,5-8,25-28H2,1-4H3,(H3-,52,53,54,55,56,57,58,59,60,61,62,63)/p+1. The van der Waals surface area contributed by atoms with E-state index in [-0.39, 0.29) is 35.7 Å². The highest BCUT2D eigenvalue weighted by molar-refractivity contribution is 7.86. The second kappa shape index (κ2) is 17.3. The van der Waals surface area contributed by atoms with E-state index in [4.69, 9.17) is 0 Å². The average molecular weight is 989 g/mol. The van der Waals surface area contributed by atoms with Crippen LogP contribution in [0.5, 0.6) is 0 Å². The number of fused-ring (bicyclic) bond motifs is 6. The summed E-state index contributed by atoms with van der Waals surface area (Å²) < 4.78 is 136. The maximum Gasteiger partial charge on any atom is 0.294 e. The smallest absolute Gasteiger partial charge is 0.294 e. The molecule has 2 aliphatic heterocycles. The molecule has 19 heteroatoms. The van der Waals surface area contributed by atoms with Crippen LogP contribution in [0.2, 0.25) is 0 Å². The number of pyridine rings is 1. The molecular formula is C48H50N3O12S4+. The van der Waals surface area contributed by atoms with Crippen molar-refractivity contribution in [1.82, 2.24) is 4.98 Å². The van der Waals surface area contributed by atoms with Crippen molar-refractivity contribution in [1.29, 1.82) is 0 Å². The molecule has 0 spiro atoms. The van der Waals surface area contributed by atoms with Crippen LogP contribution in [-0.4, -0.2) is 91.7 Å². The Bertz CT molecular complexity index is 3520. The molecule has 0 atom stereocenters. The third-order valence-corrected chi connectivity index (χ3v) is 16.3. The molecule has 0 radical (unpaired) electrons. The first-order valence-electron chi connectivity index (χ1n) is 21.4. The molecule has 67 heavy (non-hydrogen) atoms. The molecule has 0 bridgehead atoms. The number of rotatable bonds is 14. The van der Waals surface area contributed by atoms with Gasteiger partial charge in [-0.05, 0) is 137 Å². The summed E-state index contributed by atoms with van der Waals surface area (Å²) in [4.78, 5) is 5.81. The monoisotopic (exact) mass is 988 g/mol. The summed E-state index contributed by atoms with van der Waals surface area (Å²) in [6, 6.07) is 19.9. The maximum absolute atomic E-state index is 12.0. The lowest BCUT2D eigenvalue weighted by Gasteiger charge is -2.27. The molecule has 4 aromatic carbocycles. The summed E-state index contributed by atoms with van der Waals surface area (Å²) in [7, 11) is -17.4. The van der Waals surface area contributed by atoms with Crippen molar-refractivity contribution in [2.45, 2.75) is 74.0 Å². The first kappa shape index (κ1) is 48.1. The molecule has 1 aliphatic carbocycles.